The molecule has 0 unspecified atom stereocenters. The van der Waals surface area contributed by atoms with Crippen molar-refractivity contribution in [3.63, 3.8) is 0 Å². The molecule has 0 saturated carbocycles. The second kappa shape index (κ2) is 9.45. The second-order valence-corrected chi connectivity index (χ2v) is 7.99. The maximum Gasteiger partial charge on any atom is 0.163 e. The topological polar surface area (TPSA) is 59.9 Å². The van der Waals surface area contributed by atoms with Crippen molar-refractivity contribution >= 4 is 34.0 Å². The summed E-state index contributed by atoms with van der Waals surface area (Å²) >= 11 is 6.00. The highest BCUT2D eigenvalue weighted by molar-refractivity contribution is 6.31. The van der Waals surface area contributed by atoms with Crippen molar-refractivity contribution in [2.75, 3.05) is 11.9 Å². The average molecular weight is 471 g/mol. The van der Waals surface area contributed by atoms with Crippen LogP contribution in [0.15, 0.2) is 85.2 Å². The van der Waals surface area contributed by atoms with Crippen LogP contribution in [0.4, 0.5) is 15.9 Å². The van der Waals surface area contributed by atoms with Gasteiger partial charge in [0.2, 0.25) is 0 Å². The molecule has 5 nitrogen and oxygen atoms in total. The number of fused-ring (bicyclic) bond motifs is 1. The Morgan fingerprint density at radius 2 is 1.76 bits per heavy atom. The predicted molar refractivity (Wildman–Crippen MR) is 134 cm³/mol. The first-order chi connectivity index (χ1) is 16.6. The predicted octanol–water partition coefficient (Wildman–Crippen LogP) is 7.29. The minimum atomic E-state index is -0.479. The molecule has 2 heterocycles. The number of ether oxygens (including phenoxy) is 1. The van der Waals surface area contributed by atoms with Crippen LogP contribution in [-0.2, 0) is 0 Å². The lowest BCUT2D eigenvalue weighted by Crippen LogP contribution is -2.00. The van der Waals surface area contributed by atoms with Crippen molar-refractivity contribution in [2.45, 2.75) is 6.92 Å². The van der Waals surface area contributed by atoms with Crippen LogP contribution in [0.1, 0.15) is 6.92 Å². The van der Waals surface area contributed by atoms with Crippen LogP contribution in [-0.4, -0.2) is 21.6 Å². The minimum Gasteiger partial charge on any atom is -0.494 e. The Labute approximate surface area is 201 Å². The summed E-state index contributed by atoms with van der Waals surface area (Å²) in [6.07, 6.45) is 3.42. The largest absolute Gasteiger partial charge is 0.494 e. The normalized spacial score (nSPS) is 10.9. The lowest BCUT2D eigenvalue weighted by atomic mass is 10.0. The van der Waals surface area contributed by atoms with E-state index in [4.69, 9.17) is 26.3 Å². The number of nitrogens with one attached hydrogen (secondary N) is 1. The van der Waals surface area contributed by atoms with Crippen molar-refractivity contribution < 1.29 is 9.13 Å². The van der Waals surface area contributed by atoms with Gasteiger partial charge in [0.05, 0.1) is 17.1 Å². The number of hydrogen-bond acceptors (Lipinski definition) is 5. The van der Waals surface area contributed by atoms with E-state index in [0.717, 1.165) is 33.3 Å². The lowest BCUT2D eigenvalue weighted by molar-refractivity contribution is 0.340. The molecule has 0 aliphatic carbocycles. The fourth-order valence-electron chi connectivity index (χ4n) is 3.67. The number of halogens is 2. The highest BCUT2D eigenvalue weighted by Crippen LogP contribution is 2.33. The van der Waals surface area contributed by atoms with Crippen LogP contribution >= 0.6 is 11.6 Å². The minimum absolute atomic E-state index is 0.0317. The van der Waals surface area contributed by atoms with Gasteiger partial charge in [-0.2, -0.15) is 0 Å². The Morgan fingerprint density at radius 3 is 2.56 bits per heavy atom. The average Bonchev–Trinajstić information content (AvgIpc) is 2.87. The molecule has 1 N–H and O–H groups in total. The van der Waals surface area contributed by atoms with E-state index in [0.29, 0.717) is 23.9 Å². The van der Waals surface area contributed by atoms with Gasteiger partial charge in [-0.3, -0.25) is 4.98 Å². The summed E-state index contributed by atoms with van der Waals surface area (Å²) in [5.74, 6) is 1.44. The highest BCUT2D eigenvalue weighted by Gasteiger charge is 2.13. The third-order valence-electron chi connectivity index (χ3n) is 5.28. The first-order valence-corrected chi connectivity index (χ1v) is 11.2. The maximum atomic E-state index is 13.7. The fourth-order valence-corrected chi connectivity index (χ4v) is 3.85. The summed E-state index contributed by atoms with van der Waals surface area (Å²) in [4.78, 5) is 13.7. The molecule has 2 aromatic heterocycles. The van der Waals surface area contributed by atoms with Gasteiger partial charge in [-0.1, -0.05) is 29.8 Å². The summed E-state index contributed by atoms with van der Waals surface area (Å²) in [6.45, 7) is 2.56. The fraction of sp³-hybridized carbons (Fsp3) is 0.0741. The molecule has 168 valence electrons. The number of hydrogen-bond donors (Lipinski definition) is 1. The molecule has 0 amide bonds. The first kappa shape index (κ1) is 21.8. The molecule has 0 radical (unpaired) electrons. The molecule has 0 atom stereocenters. The van der Waals surface area contributed by atoms with Gasteiger partial charge >= 0.3 is 0 Å². The van der Waals surface area contributed by atoms with Gasteiger partial charge in [0, 0.05) is 29.0 Å². The molecule has 0 bridgehead atoms. The third kappa shape index (κ3) is 4.54. The van der Waals surface area contributed by atoms with Crippen molar-refractivity contribution in [2.24, 2.45) is 0 Å². The number of aromatic nitrogens is 3. The van der Waals surface area contributed by atoms with E-state index in [9.17, 15) is 4.39 Å². The number of anilines is 2. The third-order valence-corrected chi connectivity index (χ3v) is 5.57. The Bertz CT molecular complexity index is 1480. The molecule has 5 rings (SSSR count). The number of nitrogens with zero attached hydrogens (tertiary/aromatic N) is 3. The van der Waals surface area contributed by atoms with Crippen LogP contribution in [0.25, 0.3) is 33.4 Å². The zero-order valence-electron chi connectivity index (χ0n) is 18.3. The molecule has 0 aliphatic rings. The highest BCUT2D eigenvalue weighted by atomic mass is 35.5. The lowest BCUT2D eigenvalue weighted by Gasteiger charge is -2.13. The van der Waals surface area contributed by atoms with Crippen molar-refractivity contribution in [3.05, 3.63) is 96.0 Å². The Hall–Kier alpha value is -4.03. The van der Waals surface area contributed by atoms with E-state index < -0.39 is 5.82 Å². The van der Waals surface area contributed by atoms with E-state index in [-0.39, 0.29) is 5.02 Å². The van der Waals surface area contributed by atoms with E-state index in [1.165, 1.54) is 12.1 Å². The van der Waals surface area contributed by atoms with Crippen molar-refractivity contribution in [1.29, 1.82) is 0 Å². The van der Waals surface area contributed by atoms with Gasteiger partial charge < -0.3 is 10.1 Å². The molecular weight excluding hydrogens is 451 g/mol. The summed E-state index contributed by atoms with van der Waals surface area (Å²) in [6, 6.07) is 22.2. The monoisotopic (exact) mass is 470 g/mol. The number of rotatable bonds is 6. The number of benzene rings is 3. The summed E-state index contributed by atoms with van der Waals surface area (Å²) in [5.41, 5.74) is 4.17. The quantitative estimate of drug-likeness (QED) is 0.282. The van der Waals surface area contributed by atoms with Crippen LogP contribution in [0, 0.1) is 5.82 Å². The van der Waals surface area contributed by atoms with Crippen molar-refractivity contribution in [3.8, 4) is 28.3 Å². The first-order valence-electron chi connectivity index (χ1n) is 10.8. The molecule has 34 heavy (non-hydrogen) atoms. The van der Waals surface area contributed by atoms with E-state index in [1.807, 2.05) is 61.5 Å². The molecule has 7 heteroatoms. The molecule has 0 aliphatic heterocycles. The van der Waals surface area contributed by atoms with Crippen LogP contribution < -0.4 is 10.1 Å². The van der Waals surface area contributed by atoms with Gasteiger partial charge in [-0.05, 0) is 72.6 Å². The second-order valence-electron chi connectivity index (χ2n) is 7.58. The zero-order valence-corrected chi connectivity index (χ0v) is 19.1. The van der Waals surface area contributed by atoms with Gasteiger partial charge in [-0.15, -0.1) is 0 Å². The SMILES string of the molecule is CCOc1cccc(-c2ccc3nc(-c4cccnc4)nc(Nc4ccc(F)c(Cl)c4)c3c2)c1. The molecule has 5 aromatic rings. The maximum absolute atomic E-state index is 13.7. The Balaban J connectivity index is 1.65. The molecular formula is C27H20ClFN4O. The van der Waals surface area contributed by atoms with Crippen LogP contribution in [0.5, 0.6) is 5.75 Å². The van der Waals surface area contributed by atoms with E-state index in [2.05, 4.69) is 10.3 Å². The molecule has 3 aromatic carbocycles. The van der Waals surface area contributed by atoms with Gasteiger partial charge in [0.15, 0.2) is 5.82 Å². The summed E-state index contributed by atoms with van der Waals surface area (Å²) in [5, 5.41) is 4.13. The molecule has 0 spiro atoms. The number of pyridine rings is 1. The molecule has 0 saturated heterocycles. The van der Waals surface area contributed by atoms with Gasteiger partial charge in [0.25, 0.3) is 0 Å². The summed E-state index contributed by atoms with van der Waals surface area (Å²) < 4.78 is 19.4. The van der Waals surface area contributed by atoms with E-state index in [1.54, 1.807) is 18.5 Å². The molecule has 0 fully saturated rings. The Morgan fingerprint density at radius 1 is 0.912 bits per heavy atom. The zero-order chi connectivity index (χ0) is 23.5. The van der Waals surface area contributed by atoms with E-state index >= 15 is 0 Å². The van der Waals surface area contributed by atoms with Gasteiger partial charge in [0.1, 0.15) is 17.4 Å². The standard InChI is InChI=1S/C27H20ClFN4O/c1-2-34-21-7-3-5-17(13-21)18-8-11-25-22(14-18)27(31-20-9-10-24(29)23(28)15-20)33-26(32-25)19-6-4-12-30-16-19/h3-16H,2H2,1H3,(H,31,32,33). The Kier molecular flexibility index (Phi) is 6.06. The van der Waals surface area contributed by atoms with Crippen LogP contribution in [0.2, 0.25) is 5.02 Å². The van der Waals surface area contributed by atoms with Crippen molar-refractivity contribution in [1.82, 2.24) is 15.0 Å². The summed E-state index contributed by atoms with van der Waals surface area (Å²) in [7, 11) is 0. The van der Waals surface area contributed by atoms with Gasteiger partial charge in [-0.25, -0.2) is 14.4 Å². The van der Waals surface area contributed by atoms with Crippen LogP contribution in [0.3, 0.4) is 0 Å². The smallest absolute Gasteiger partial charge is 0.163 e.